The number of nitrogens with zero attached hydrogens (tertiary/aromatic N) is 5. The number of piperazine rings is 1. The van der Waals surface area contributed by atoms with Gasteiger partial charge < -0.3 is 19.9 Å². The lowest BCUT2D eigenvalue weighted by Crippen LogP contribution is -2.44. The Bertz CT molecular complexity index is 947. The van der Waals surface area contributed by atoms with Crippen molar-refractivity contribution in [2.75, 3.05) is 50.6 Å². The van der Waals surface area contributed by atoms with Crippen molar-refractivity contribution >= 4 is 17.5 Å². The zero-order valence-electron chi connectivity index (χ0n) is 16.4. The average Bonchev–Trinajstić information content (AvgIpc) is 3.12. The number of aromatic amines is 1. The molecule has 2 aromatic heterocycles. The Balaban J connectivity index is 1.74. The number of likely N-dealkylation sites (N-methyl/N-ethyl adjacent to an activating group) is 1. The molecule has 8 nitrogen and oxygen atoms in total. The fraction of sp³-hybridized carbons (Fsp3) is 0.350. The van der Waals surface area contributed by atoms with Crippen LogP contribution in [0.15, 0.2) is 36.4 Å². The molecular weight excluding hydrogens is 354 g/mol. The number of para-hydroxylation sites is 1. The maximum absolute atomic E-state index is 5.52. The molecule has 8 heteroatoms. The fourth-order valence-corrected chi connectivity index (χ4v) is 3.26. The summed E-state index contributed by atoms with van der Waals surface area (Å²) >= 11 is 0. The van der Waals surface area contributed by atoms with Gasteiger partial charge in [-0.1, -0.05) is 12.1 Å². The van der Waals surface area contributed by atoms with Gasteiger partial charge in [-0.05, 0) is 26.1 Å². The van der Waals surface area contributed by atoms with E-state index in [9.17, 15) is 0 Å². The number of methoxy groups -OCH3 is 1. The van der Waals surface area contributed by atoms with E-state index in [0.29, 0.717) is 11.6 Å². The van der Waals surface area contributed by atoms with Gasteiger partial charge in [-0.2, -0.15) is 5.10 Å². The quantitative estimate of drug-likeness (QED) is 0.705. The summed E-state index contributed by atoms with van der Waals surface area (Å²) < 4.78 is 5.52. The van der Waals surface area contributed by atoms with Gasteiger partial charge in [0.05, 0.1) is 12.7 Å². The van der Waals surface area contributed by atoms with Crippen molar-refractivity contribution in [3.8, 4) is 17.1 Å². The van der Waals surface area contributed by atoms with Crippen molar-refractivity contribution in [2.45, 2.75) is 6.92 Å². The van der Waals surface area contributed by atoms with Crippen LogP contribution in [-0.2, 0) is 0 Å². The molecule has 0 saturated carbocycles. The van der Waals surface area contributed by atoms with Gasteiger partial charge in [0.15, 0.2) is 11.6 Å². The summed E-state index contributed by atoms with van der Waals surface area (Å²) in [5.41, 5.74) is 1.85. The highest BCUT2D eigenvalue weighted by molar-refractivity contribution is 5.69. The van der Waals surface area contributed by atoms with Crippen LogP contribution in [0.25, 0.3) is 11.4 Å². The summed E-state index contributed by atoms with van der Waals surface area (Å²) in [4.78, 5) is 14.2. The number of rotatable bonds is 5. The van der Waals surface area contributed by atoms with Crippen LogP contribution >= 0.6 is 0 Å². The summed E-state index contributed by atoms with van der Waals surface area (Å²) in [5.74, 6) is 3.71. The van der Waals surface area contributed by atoms with Crippen molar-refractivity contribution in [2.24, 2.45) is 0 Å². The Morgan fingerprint density at radius 3 is 2.54 bits per heavy atom. The second-order valence-electron chi connectivity index (χ2n) is 6.99. The minimum Gasteiger partial charge on any atom is -0.496 e. The van der Waals surface area contributed by atoms with Crippen LogP contribution in [0, 0.1) is 6.92 Å². The molecule has 28 heavy (non-hydrogen) atoms. The van der Waals surface area contributed by atoms with Crippen LogP contribution in [0.4, 0.5) is 17.5 Å². The Labute approximate surface area is 164 Å². The molecular formula is C20H25N7O. The molecule has 0 aliphatic carbocycles. The molecule has 4 rings (SSSR count). The number of hydrogen-bond donors (Lipinski definition) is 2. The number of anilines is 3. The first-order valence-electron chi connectivity index (χ1n) is 9.37. The smallest absolute Gasteiger partial charge is 0.167 e. The van der Waals surface area contributed by atoms with Gasteiger partial charge >= 0.3 is 0 Å². The predicted octanol–water partition coefficient (Wildman–Crippen LogP) is 2.68. The molecule has 0 spiro atoms. The van der Waals surface area contributed by atoms with E-state index in [1.54, 1.807) is 7.11 Å². The van der Waals surface area contributed by atoms with E-state index in [-0.39, 0.29) is 0 Å². The number of H-pyrrole nitrogens is 1. The van der Waals surface area contributed by atoms with Crippen LogP contribution in [-0.4, -0.2) is 65.4 Å². The molecule has 1 aliphatic heterocycles. The van der Waals surface area contributed by atoms with Gasteiger partial charge in [0.1, 0.15) is 17.4 Å². The maximum atomic E-state index is 5.52. The third-order valence-electron chi connectivity index (χ3n) is 4.85. The number of hydrogen-bond acceptors (Lipinski definition) is 7. The molecule has 0 unspecified atom stereocenters. The lowest BCUT2D eigenvalue weighted by atomic mass is 10.2. The summed E-state index contributed by atoms with van der Waals surface area (Å²) in [6.07, 6.45) is 0. The summed E-state index contributed by atoms with van der Waals surface area (Å²) in [5, 5.41) is 10.5. The SMILES string of the molecule is COc1ccccc1-c1nc(Nc2cc(C)[nH]n2)cc(N2CCN(C)CC2)n1. The largest absolute Gasteiger partial charge is 0.496 e. The van der Waals surface area contributed by atoms with Gasteiger partial charge in [0.2, 0.25) is 0 Å². The number of aromatic nitrogens is 4. The van der Waals surface area contributed by atoms with Gasteiger partial charge in [0, 0.05) is 44.0 Å². The topological polar surface area (TPSA) is 82.2 Å². The van der Waals surface area contributed by atoms with Crippen molar-refractivity contribution in [1.82, 2.24) is 25.1 Å². The van der Waals surface area contributed by atoms with Crippen LogP contribution in [0.1, 0.15) is 5.69 Å². The second kappa shape index (κ2) is 7.85. The van der Waals surface area contributed by atoms with E-state index in [2.05, 4.69) is 32.4 Å². The third kappa shape index (κ3) is 3.91. The Morgan fingerprint density at radius 2 is 1.82 bits per heavy atom. The zero-order valence-corrected chi connectivity index (χ0v) is 16.4. The molecule has 2 N–H and O–H groups in total. The highest BCUT2D eigenvalue weighted by atomic mass is 16.5. The van der Waals surface area contributed by atoms with Crippen LogP contribution in [0.5, 0.6) is 5.75 Å². The Morgan fingerprint density at radius 1 is 1.04 bits per heavy atom. The van der Waals surface area contributed by atoms with Gasteiger partial charge in [0.25, 0.3) is 0 Å². The Hall–Kier alpha value is -3.13. The molecule has 3 heterocycles. The number of ether oxygens (including phenoxy) is 1. The highest BCUT2D eigenvalue weighted by Gasteiger charge is 2.19. The van der Waals surface area contributed by atoms with Crippen molar-refractivity contribution in [3.63, 3.8) is 0 Å². The maximum Gasteiger partial charge on any atom is 0.167 e. The lowest BCUT2D eigenvalue weighted by molar-refractivity contribution is 0.312. The molecule has 1 aromatic carbocycles. The average molecular weight is 379 g/mol. The van der Waals surface area contributed by atoms with Crippen LogP contribution in [0.3, 0.4) is 0 Å². The van der Waals surface area contributed by atoms with E-state index >= 15 is 0 Å². The fourth-order valence-electron chi connectivity index (χ4n) is 3.26. The van der Waals surface area contributed by atoms with E-state index in [1.165, 1.54) is 0 Å². The number of aryl methyl sites for hydroxylation is 1. The molecule has 0 amide bonds. The molecule has 0 atom stereocenters. The lowest BCUT2D eigenvalue weighted by Gasteiger charge is -2.33. The monoisotopic (exact) mass is 379 g/mol. The summed E-state index contributed by atoms with van der Waals surface area (Å²) in [6.45, 7) is 5.85. The standard InChI is InChI=1S/C20H25N7O/c1-14-12-18(25-24-14)21-17-13-19(27-10-8-26(2)9-11-27)23-20(22-17)15-6-4-5-7-16(15)28-3/h4-7,12-13H,8-11H2,1-3H3,(H2,21,22,23,24,25). The number of nitrogens with one attached hydrogen (secondary N) is 2. The summed E-state index contributed by atoms with van der Waals surface area (Å²) in [6, 6.07) is 11.7. The first-order valence-corrected chi connectivity index (χ1v) is 9.37. The normalized spacial score (nSPS) is 14.9. The molecule has 1 fully saturated rings. The van der Waals surface area contributed by atoms with Crippen molar-refractivity contribution < 1.29 is 4.74 Å². The van der Waals surface area contributed by atoms with Gasteiger partial charge in [-0.25, -0.2) is 9.97 Å². The third-order valence-corrected chi connectivity index (χ3v) is 4.85. The predicted molar refractivity (Wildman–Crippen MR) is 110 cm³/mol. The van der Waals surface area contributed by atoms with E-state index in [0.717, 1.165) is 54.8 Å². The van der Waals surface area contributed by atoms with E-state index in [1.807, 2.05) is 43.3 Å². The van der Waals surface area contributed by atoms with Crippen LogP contribution in [0.2, 0.25) is 0 Å². The number of benzene rings is 1. The van der Waals surface area contributed by atoms with Crippen molar-refractivity contribution in [1.29, 1.82) is 0 Å². The van der Waals surface area contributed by atoms with Crippen LogP contribution < -0.4 is 15.0 Å². The molecule has 146 valence electrons. The molecule has 0 radical (unpaired) electrons. The summed E-state index contributed by atoms with van der Waals surface area (Å²) in [7, 11) is 3.80. The Kier molecular flexibility index (Phi) is 5.12. The minimum atomic E-state index is 0.628. The van der Waals surface area contributed by atoms with E-state index < -0.39 is 0 Å². The molecule has 1 saturated heterocycles. The zero-order chi connectivity index (χ0) is 19.5. The first-order chi connectivity index (χ1) is 13.6. The highest BCUT2D eigenvalue weighted by Crippen LogP contribution is 2.30. The molecule has 0 bridgehead atoms. The molecule has 1 aliphatic rings. The van der Waals surface area contributed by atoms with Gasteiger partial charge in [-0.15, -0.1) is 0 Å². The van der Waals surface area contributed by atoms with Gasteiger partial charge in [-0.3, -0.25) is 5.10 Å². The minimum absolute atomic E-state index is 0.628. The first kappa shape index (κ1) is 18.2. The second-order valence-corrected chi connectivity index (χ2v) is 6.99. The van der Waals surface area contributed by atoms with E-state index in [4.69, 9.17) is 14.7 Å². The molecule has 3 aromatic rings. The van der Waals surface area contributed by atoms with Crippen molar-refractivity contribution in [3.05, 3.63) is 42.1 Å².